The number of nitrogens with one attached hydrogen (secondary N) is 1. The third kappa shape index (κ3) is 4.42. The fourth-order valence-electron chi connectivity index (χ4n) is 4.08. The maximum Gasteiger partial charge on any atom is 0.335 e. The summed E-state index contributed by atoms with van der Waals surface area (Å²) in [4.78, 5) is 39.2. The van der Waals surface area contributed by atoms with Crippen molar-refractivity contribution in [2.24, 2.45) is 0 Å². The first kappa shape index (κ1) is 22.9. The maximum absolute atomic E-state index is 13.2. The molecule has 0 radical (unpaired) electrons. The van der Waals surface area contributed by atoms with Gasteiger partial charge < -0.3 is 9.47 Å². The van der Waals surface area contributed by atoms with Crippen molar-refractivity contribution < 1.29 is 23.9 Å². The van der Waals surface area contributed by atoms with Crippen molar-refractivity contribution in [1.29, 1.82) is 0 Å². The lowest BCUT2D eigenvalue weighted by molar-refractivity contribution is -0.122. The maximum atomic E-state index is 13.2. The lowest BCUT2D eigenvalue weighted by atomic mass is 10.0. The fraction of sp³-hybridized carbons (Fsp3) is 0.0690. The molecular weight excluding hydrogens is 456 g/mol. The lowest BCUT2D eigenvalue weighted by Crippen LogP contribution is -2.54. The highest BCUT2D eigenvalue weighted by molar-refractivity contribution is 6.39. The van der Waals surface area contributed by atoms with Gasteiger partial charge in [-0.15, -0.1) is 0 Å². The van der Waals surface area contributed by atoms with Gasteiger partial charge in [0.05, 0.1) is 12.8 Å². The third-order valence-electron chi connectivity index (χ3n) is 5.90. The number of benzene rings is 4. The molecule has 7 heteroatoms. The monoisotopic (exact) mass is 478 g/mol. The Balaban J connectivity index is 1.50. The topological polar surface area (TPSA) is 84.9 Å². The number of methoxy groups -OCH3 is 1. The van der Waals surface area contributed by atoms with Crippen molar-refractivity contribution in [3.8, 4) is 11.5 Å². The van der Waals surface area contributed by atoms with Gasteiger partial charge in [0, 0.05) is 11.6 Å². The van der Waals surface area contributed by atoms with E-state index in [2.05, 4.69) is 5.32 Å². The molecule has 1 N–H and O–H groups in total. The summed E-state index contributed by atoms with van der Waals surface area (Å²) in [5.41, 5.74) is 1.66. The summed E-state index contributed by atoms with van der Waals surface area (Å²) >= 11 is 0. The van der Waals surface area contributed by atoms with Crippen LogP contribution >= 0.6 is 0 Å². The van der Waals surface area contributed by atoms with E-state index in [1.54, 1.807) is 55.6 Å². The van der Waals surface area contributed by atoms with Gasteiger partial charge >= 0.3 is 6.03 Å². The average Bonchev–Trinajstić information content (AvgIpc) is 2.90. The molecule has 4 aromatic rings. The number of hydrogen-bond acceptors (Lipinski definition) is 5. The van der Waals surface area contributed by atoms with Gasteiger partial charge in [0.15, 0.2) is 0 Å². The van der Waals surface area contributed by atoms with Crippen molar-refractivity contribution in [2.45, 2.75) is 6.61 Å². The van der Waals surface area contributed by atoms with Crippen LogP contribution in [0.1, 0.15) is 11.1 Å². The second-order valence-electron chi connectivity index (χ2n) is 8.12. The molecule has 0 unspecified atom stereocenters. The predicted octanol–water partition coefficient (Wildman–Crippen LogP) is 5.09. The molecule has 0 aromatic heterocycles. The van der Waals surface area contributed by atoms with Gasteiger partial charge in [-0.05, 0) is 46.7 Å². The molecule has 1 saturated heterocycles. The van der Waals surface area contributed by atoms with Gasteiger partial charge in [-0.25, -0.2) is 9.69 Å². The first-order chi connectivity index (χ1) is 17.5. The normalized spacial score (nSPS) is 14.8. The second-order valence-corrected chi connectivity index (χ2v) is 8.12. The summed E-state index contributed by atoms with van der Waals surface area (Å²) in [6.07, 6.45) is 1.43. The molecule has 0 aliphatic carbocycles. The number of nitrogens with zero attached hydrogens (tertiary/aromatic N) is 1. The van der Waals surface area contributed by atoms with Crippen molar-refractivity contribution in [3.05, 3.63) is 108 Å². The number of urea groups is 1. The van der Waals surface area contributed by atoms with Crippen molar-refractivity contribution in [1.82, 2.24) is 5.32 Å². The van der Waals surface area contributed by atoms with Crippen LogP contribution in [0.4, 0.5) is 10.5 Å². The Labute approximate surface area is 207 Å². The van der Waals surface area contributed by atoms with E-state index < -0.39 is 17.8 Å². The molecule has 4 amide bonds. The van der Waals surface area contributed by atoms with E-state index >= 15 is 0 Å². The molecular formula is C29H22N2O5. The highest BCUT2D eigenvalue weighted by atomic mass is 16.5. The van der Waals surface area contributed by atoms with Gasteiger partial charge in [0.1, 0.15) is 23.7 Å². The minimum Gasteiger partial charge on any atom is -0.497 e. The molecule has 1 aliphatic heterocycles. The number of imide groups is 2. The van der Waals surface area contributed by atoms with Crippen LogP contribution < -0.4 is 19.7 Å². The fourth-order valence-corrected chi connectivity index (χ4v) is 4.08. The SMILES string of the molecule is COc1ccc(/C=C2\C(=O)NC(=O)N(c3ccccc3)C2=O)c(OCc2cccc3ccccc23)c1. The number of para-hydroxylation sites is 1. The Bertz CT molecular complexity index is 1510. The smallest absolute Gasteiger partial charge is 0.335 e. The van der Waals surface area contributed by atoms with Crippen LogP contribution in [0, 0.1) is 0 Å². The number of amides is 4. The molecule has 36 heavy (non-hydrogen) atoms. The Morgan fingerprint density at radius 1 is 0.861 bits per heavy atom. The average molecular weight is 479 g/mol. The Morgan fingerprint density at radius 3 is 2.42 bits per heavy atom. The first-order valence-electron chi connectivity index (χ1n) is 11.3. The highest BCUT2D eigenvalue weighted by Crippen LogP contribution is 2.30. The first-order valence-corrected chi connectivity index (χ1v) is 11.3. The van der Waals surface area contributed by atoms with Crippen LogP contribution in [-0.2, 0) is 16.2 Å². The number of rotatable bonds is 6. The molecule has 0 saturated carbocycles. The second kappa shape index (κ2) is 9.76. The number of carbonyl (C=O) groups excluding carboxylic acids is 3. The van der Waals surface area contributed by atoms with Gasteiger partial charge in [-0.3, -0.25) is 14.9 Å². The van der Waals surface area contributed by atoms with Gasteiger partial charge in [0.25, 0.3) is 11.8 Å². The van der Waals surface area contributed by atoms with Crippen LogP contribution in [0.2, 0.25) is 0 Å². The molecule has 178 valence electrons. The van der Waals surface area contributed by atoms with Crippen LogP contribution in [0.3, 0.4) is 0 Å². The quantitative estimate of drug-likeness (QED) is 0.308. The zero-order valence-electron chi connectivity index (χ0n) is 19.4. The van der Waals surface area contributed by atoms with Gasteiger partial charge in [-0.1, -0.05) is 60.7 Å². The predicted molar refractivity (Wildman–Crippen MR) is 137 cm³/mol. The largest absolute Gasteiger partial charge is 0.497 e. The number of hydrogen-bond donors (Lipinski definition) is 1. The molecule has 1 heterocycles. The van der Waals surface area contributed by atoms with Gasteiger partial charge in [-0.2, -0.15) is 0 Å². The minimum absolute atomic E-state index is 0.182. The van der Waals surface area contributed by atoms with Crippen molar-refractivity contribution in [3.63, 3.8) is 0 Å². The molecule has 1 aliphatic rings. The van der Waals surface area contributed by atoms with Crippen LogP contribution in [0.5, 0.6) is 11.5 Å². The molecule has 0 spiro atoms. The molecule has 5 rings (SSSR count). The van der Waals surface area contributed by atoms with Gasteiger partial charge in [0.2, 0.25) is 0 Å². The van der Waals surface area contributed by atoms with Crippen molar-refractivity contribution in [2.75, 3.05) is 12.0 Å². The van der Waals surface area contributed by atoms with E-state index in [0.29, 0.717) is 22.7 Å². The van der Waals surface area contributed by atoms with Crippen molar-refractivity contribution >= 4 is 40.4 Å². The van der Waals surface area contributed by atoms with E-state index in [9.17, 15) is 14.4 Å². The molecule has 7 nitrogen and oxygen atoms in total. The summed E-state index contributed by atoms with van der Waals surface area (Å²) in [5, 5.41) is 4.41. The van der Waals surface area contributed by atoms with Crippen LogP contribution in [-0.4, -0.2) is 25.0 Å². The van der Waals surface area contributed by atoms with E-state index in [-0.39, 0.29) is 12.2 Å². The number of barbiturate groups is 1. The van der Waals surface area contributed by atoms with E-state index in [0.717, 1.165) is 21.2 Å². The third-order valence-corrected chi connectivity index (χ3v) is 5.90. The van der Waals surface area contributed by atoms with Crippen LogP contribution in [0.25, 0.3) is 16.8 Å². The molecule has 0 bridgehead atoms. The minimum atomic E-state index is -0.796. The van der Waals surface area contributed by atoms with E-state index in [4.69, 9.17) is 9.47 Å². The summed E-state index contributed by atoms with van der Waals surface area (Å²) in [7, 11) is 1.55. The molecule has 0 atom stereocenters. The van der Waals surface area contributed by atoms with Crippen LogP contribution in [0.15, 0.2) is 96.6 Å². The molecule has 4 aromatic carbocycles. The zero-order valence-corrected chi connectivity index (χ0v) is 19.4. The highest BCUT2D eigenvalue weighted by Gasteiger charge is 2.36. The Kier molecular flexibility index (Phi) is 6.19. The Morgan fingerprint density at radius 2 is 1.61 bits per heavy atom. The summed E-state index contributed by atoms with van der Waals surface area (Å²) < 4.78 is 11.5. The standard InChI is InChI=1S/C29H22N2O5/c1-35-23-15-14-20(26(17-23)36-18-21-10-7-9-19-8-5-6-13-24(19)21)16-25-27(32)30-29(34)31(28(25)33)22-11-3-2-4-12-22/h2-17H,18H2,1H3,(H,30,32,34)/b25-16+. The summed E-state index contributed by atoms with van der Waals surface area (Å²) in [6, 6.07) is 26.8. The number of ether oxygens (including phenoxy) is 2. The summed E-state index contributed by atoms with van der Waals surface area (Å²) in [5.74, 6) is -0.497. The lowest BCUT2D eigenvalue weighted by Gasteiger charge is -2.26. The molecule has 1 fully saturated rings. The summed E-state index contributed by atoms with van der Waals surface area (Å²) in [6.45, 7) is 0.263. The Hall–Kier alpha value is -4.91. The zero-order chi connectivity index (χ0) is 25.1. The number of carbonyl (C=O) groups is 3. The van der Waals surface area contributed by atoms with E-state index in [1.807, 2.05) is 42.5 Å². The number of anilines is 1. The van der Waals surface area contributed by atoms with E-state index in [1.165, 1.54) is 6.08 Å². The number of fused-ring (bicyclic) bond motifs is 1.